The average molecular weight is 975 g/mol. The Morgan fingerprint density at radius 1 is 0.340 bits per heavy atom. The van der Waals surface area contributed by atoms with Gasteiger partial charge < -0.3 is 66.4 Å². The van der Waals surface area contributed by atoms with Crippen molar-refractivity contribution in [3.63, 3.8) is 0 Å². The van der Waals surface area contributed by atoms with Crippen LogP contribution >= 0.6 is 0 Å². The molecule has 6 heteroatoms. The van der Waals surface area contributed by atoms with Gasteiger partial charge in [0.25, 0.3) is 0 Å². The predicted octanol–water partition coefficient (Wildman–Crippen LogP) is 7.64. The molecule has 0 fully saturated rings. The highest BCUT2D eigenvalue weighted by Gasteiger charge is 2.32. The molecule has 0 aliphatic rings. The third kappa shape index (κ3) is 47.1. The van der Waals surface area contributed by atoms with Gasteiger partial charge in [-0.1, -0.05) is 160 Å². The van der Waals surface area contributed by atoms with Crippen molar-refractivity contribution in [3.8, 4) is 0 Å². The normalized spacial score (nSPS) is 13.4. The lowest BCUT2D eigenvalue weighted by molar-refractivity contribution is -0.882. The number of hydrogen-bond acceptors (Lipinski definition) is 2. The number of nitrogens with zero attached hydrogens (tertiary/aromatic N) is 2. The van der Waals surface area contributed by atoms with Crippen LogP contribution in [-0.2, 0) is 9.47 Å². The van der Waals surface area contributed by atoms with Crippen LogP contribution in [0.1, 0.15) is 200 Å². The molecule has 2 atom stereocenters. The highest BCUT2D eigenvalue weighted by atomic mass is 127. The summed E-state index contributed by atoms with van der Waals surface area (Å²) in [6, 6.07) is 0. The summed E-state index contributed by atoms with van der Waals surface area (Å²) >= 11 is 0. The van der Waals surface area contributed by atoms with E-state index in [2.05, 4.69) is 80.4 Å². The Labute approximate surface area is 369 Å². The smallest absolute Gasteiger partial charge is 0.138 e. The van der Waals surface area contributed by atoms with Gasteiger partial charge in [0.15, 0.2) is 0 Å². The van der Waals surface area contributed by atoms with Crippen molar-refractivity contribution in [2.75, 3.05) is 68.6 Å². The second-order valence-electron chi connectivity index (χ2n) is 18.0. The molecule has 0 aliphatic heterocycles. The summed E-state index contributed by atoms with van der Waals surface area (Å²) in [5, 5.41) is 0. The van der Waals surface area contributed by atoms with Crippen LogP contribution in [0.2, 0.25) is 0 Å². The Balaban J connectivity index is -0.0000125. The fourth-order valence-electron chi connectivity index (χ4n) is 6.98. The van der Waals surface area contributed by atoms with Gasteiger partial charge in [-0.3, -0.25) is 0 Å². The lowest BCUT2D eigenvalue weighted by atomic mass is 10.1. The van der Waals surface area contributed by atoms with Crippen molar-refractivity contribution in [1.29, 1.82) is 0 Å². The predicted molar refractivity (Wildman–Crippen MR) is 229 cm³/mol. The van der Waals surface area contributed by atoms with Crippen molar-refractivity contribution in [3.05, 3.63) is 24.3 Å². The number of rotatable bonds is 40. The highest BCUT2D eigenvalue weighted by molar-refractivity contribution is 4.82. The van der Waals surface area contributed by atoms with Gasteiger partial charge in [-0.05, 0) is 64.2 Å². The first kappa shape index (κ1) is 58.1. The van der Waals surface area contributed by atoms with Crippen LogP contribution in [0.4, 0.5) is 0 Å². The topological polar surface area (TPSA) is 18.5 Å². The molecular formula is C47H96I2N2O2. The van der Waals surface area contributed by atoms with E-state index in [1.807, 2.05) is 0 Å². The second-order valence-corrected chi connectivity index (χ2v) is 18.0. The van der Waals surface area contributed by atoms with E-state index in [1.54, 1.807) is 0 Å². The third-order valence-electron chi connectivity index (χ3n) is 10.1. The second kappa shape index (κ2) is 42.4. The Kier molecular flexibility index (Phi) is 46.5. The molecule has 0 saturated heterocycles. The summed E-state index contributed by atoms with van der Waals surface area (Å²) in [5.74, 6) is 0. The Hall–Kier alpha value is 0.780. The molecule has 0 heterocycles. The zero-order valence-electron chi connectivity index (χ0n) is 37.3. The van der Waals surface area contributed by atoms with Crippen LogP contribution in [0.25, 0.3) is 0 Å². The molecule has 0 radical (unpaired) electrons. The van der Waals surface area contributed by atoms with Crippen LogP contribution in [0.3, 0.4) is 0 Å². The van der Waals surface area contributed by atoms with Crippen molar-refractivity contribution < 1.29 is 66.4 Å². The molecule has 0 saturated carbocycles. The van der Waals surface area contributed by atoms with Crippen LogP contribution < -0.4 is 48.0 Å². The number of unbranched alkanes of at least 4 members (excludes halogenated alkanes) is 25. The summed E-state index contributed by atoms with van der Waals surface area (Å²) < 4.78 is 15.1. The van der Waals surface area contributed by atoms with Gasteiger partial charge >= 0.3 is 0 Å². The highest BCUT2D eigenvalue weighted by Crippen LogP contribution is 2.16. The summed E-state index contributed by atoms with van der Waals surface area (Å²) in [4.78, 5) is 0. The average Bonchev–Trinajstić information content (AvgIpc) is 3.07. The number of halogens is 2. The van der Waals surface area contributed by atoms with Crippen molar-refractivity contribution >= 4 is 0 Å². The van der Waals surface area contributed by atoms with E-state index in [0.717, 1.165) is 48.1 Å². The van der Waals surface area contributed by atoms with Gasteiger partial charge in [0.1, 0.15) is 25.3 Å². The molecule has 0 spiro atoms. The van der Waals surface area contributed by atoms with Crippen LogP contribution in [-0.4, -0.2) is 89.8 Å². The van der Waals surface area contributed by atoms with E-state index < -0.39 is 0 Å². The van der Waals surface area contributed by atoms with Crippen molar-refractivity contribution in [1.82, 2.24) is 0 Å². The van der Waals surface area contributed by atoms with E-state index in [-0.39, 0.29) is 60.2 Å². The number of allylic oxidation sites excluding steroid dienone is 4. The number of quaternary nitrogens is 2. The monoisotopic (exact) mass is 975 g/mol. The zero-order valence-corrected chi connectivity index (χ0v) is 41.6. The molecule has 2 unspecified atom stereocenters. The van der Waals surface area contributed by atoms with Gasteiger partial charge in [0, 0.05) is 13.2 Å². The Bertz CT molecular complexity index is 763. The number of likely N-dealkylation sites (N-methyl/N-ethyl adjacent to an activating group) is 2. The van der Waals surface area contributed by atoms with E-state index >= 15 is 0 Å². The first-order chi connectivity index (χ1) is 24.6. The Morgan fingerprint density at radius 2 is 0.566 bits per heavy atom. The molecule has 0 aliphatic carbocycles. The van der Waals surface area contributed by atoms with Crippen LogP contribution in [0.5, 0.6) is 0 Å². The third-order valence-corrected chi connectivity index (χ3v) is 10.1. The van der Waals surface area contributed by atoms with Crippen LogP contribution in [0.15, 0.2) is 24.3 Å². The SMILES string of the molecule is CCCCCCCC/C=C/CCCCCCCCOC(C[N+](C)(C)C)C(C[N+](C)(C)C)OCCCCCCCC/C=C/CCCCCCCCC.[I-].[I-]. The molecule has 0 aromatic carbocycles. The van der Waals surface area contributed by atoms with Gasteiger partial charge in [0.2, 0.25) is 0 Å². The maximum atomic E-state index is 6.67. The molecule has 0 aromatic heterocycles. The summed E-state index contributed by atoms with van der Waals surface area (Å²) in [6.07, 6.45) is 49.0. The molecule has 0 bridgehead atoms. The zero-order chi connectivity index (χ0) is 37.7. The fourth-order valence-corrected chi connectivity index (χ4v) is 6.98. The fraction of sp³-hybridized carbons (Fsp3) is 0.915. The first-order valence-corrected chi connectivity index (χ1v) is 22.7. The van der Waals surface area contributed by atoms with Gasteiger partial charge in [-0.25, -0.2) is 0 Å². The quantitative estimate of drug-likeness (QED) is 0.0273. The summed E-state index contributed by atoms with van der Waals surface area (Å²) in [7, 11) is 13.7. The Morgan fingerprint density at radius 3 is 0.811 bits per heavy atom. The molecule has 53 heavy (non-hydrogen) atoms. The van der Waals surface area contributed by atoms with Gasteiger partial charge in [0.05, 0.1) is 42.3 Å². The lowest BCUT2D eigenvalue weighted by Crippen LogP contribution is -3.00. The van der Waals surface area contributed by atoms with E-state index in [1.165, 1.54) is 173 Å². The first-order valence-electron chi connectivity index (χ1n) is 22.7. The minimum absolute atomic E-state index is 0. The van der Waals surface area contributed by atoms with Crippen molar-refractivity contribution in [2.45, 2.75) is 212 Å². The standard InChI is InChI=1S/C47H96N2O2.2HI/c1-9-11-13-15-17-19-21-23-25-27-29-31-33-35-37-39-41-43-51-47(45-49(6,7)8)46(44-48(3,4)5)50-42-40-38-36-34-32-30-28-26-24-22-20-18-16-14-12-10-2;;/h24-27,46-47H,9-23,28-45H2,1-8H3;2*1H/q+2;;/p-2/b26-24+,27-25+;;. The molecule has 0 aromatic rings. The molecule has 320 valence electrons. The van der Waals surface area contributed by atoms with Gasteiger partial charge in [-0.15, -0.1) is 0 Å². The van der Waals surface area contributed by atoms with Crippen LogP contribution in [0, 0.1) is 0 Å². The molecule has 0 N–H and O–H groups in total. The number of hydrogen-bond donors (Lipinski definition) is 0. The van der Waals surface area contributed by atoms with E-state index in [9.17, 15) is 0 Å². The lowest BCUT2D eigenvalue weighted by Gasteiger charge is -2.36. The van der Waals surface area contributed by atoms with E-state index in [4.69, 9.17) is 9.47 Å². The number of ether oxygens (including phenoxy) is 2. The minimum atomic E-state index is 0. The summed E-state index contributed by atoms with van der Waals surface area (Å²) in [6.45, 7) is 8.29. The maximum Gasteiger partial charge on any atom is 0.138 e. The maximum absolute atomic E-state index is 6.67. The van der Waals surface area contributed by atoms with Gasteiger partial charge in [-0.2, -0.15) is 0 Å². The largest absolute Gasteiger partial charge is 1.00 e. The van der Waals surface area contributed by atoms with E-state index in [0.29, 0.717) is 0 Å². The molecule has 4 nitrogen and oxygen atoms in total. The molecule has 0 rings (SSSR count). The summed E-state index contributed by atoms with van der Waals surface area (Å²) in [5.41, 5.74) is 0. The molecular weight excluding hydrogens is 878 g/mol. The minimum Gasteiger partial charge on any atom is -1.00 e. The van der Waals surface area contributed by atoms with Crippen molar-refractivity contribution in [2.24, 2.45) is 0 Å². The molecule has 0 amide bonds.